The molecule has 3 rings (SSSR count). The van der Waals surface area contributed by atoms with E-state index in [4.69, 9.17) is 5.73 Å². The topological polar surface area (TPSA) is 74.2 Å². The fourth-order valence-corrected chi connectivity index (χ4v) is 3.72. The first kappa shape index (κ1) is 20.7. The predicted molar refractivity (Wildman–Crippen MR) is 110 cm³/mol. The first-order valence-corrected chi connectivity index (χ1v) is 9.21. The van der Waals surface area contributed by atoms with Gasteiger partial charge in [0.25, 0.3) is 0 Å². The Hall–Kier alpha value is -1.56. The van der Waals surface area contributed by atoms with E-state index in [1.165, 1.54) is 10.9 Å². The number of rotatable bonds is 5. The average molecular weight is 379 g/mol. The molecule has 1 amide bonds. The van der Waals surface area contributed by atoms with Crippen molar-refractivity contribution in [2.45, 2.75) is 45.7 Å². The molecule has 2 heterocycles. The second-order valence-electron chi connectivity index (χ2n) is 7.93. The fraction of sp³-hybridized carbons (Fsp3) is 0.550. The molecule has 1 saturated heterocycles. The van der Waals surface area contributed by atoms with Gasteiger partial charge in [-0.1, -0.05) is 32.0 Å². The summed E-state index contributed by atoms with van der Waals surface area (Å²) in [7, 11) is 0. The Morgan fingerprint density at radius 2 is 2.15 bits per heavy atom. The molecule has 0 radical (unpaired) electrons. The van der Waals surface area contributed by atoms with Gasteiger partial charge in [-0.25, -0.2) is 0 Å². The monoisotopic (exact) mass is 378 g/mol. The lowest BCUT2D eigenvalue weighted by atomic mass is 9.79. The van der Waals surface area contributed by atoms with Crippen molar-refractivity contribution in [1.29, 1.82) is 0 Å². The third-order valence-electron chi connectivity index (χ3n) is 5.64. The number of halogens is 1. The van der Waals surface area contributed by atoms with Crippen LogP contribution in [0.25, 0.3) is 10.9 Å². The van der Waals surface area contributed by atoms with Gasteiger partial charge < -0.3 is 16.0 Å². The van der Waals surface area contributed by atoms with Gasteiger partial charge in [-0.2, -0.15) is 0 Å². The maximum Gasteiger partial charge on any atom is 0.237 e. The third-order valence-corrected chi connectivity index (χ3v) is 5.64. The number of hydrogen-bond donors (Lipinski definition) is 3. The predicted octanol–water partition coefficient (Wildman–Crippen LogP) is 2.70. The first-order chi connectivity index (χ1) is 11.9. The highest BCUT2D eigenvalue weighted by Crippen LogP contribution is 2.28. The van der Waals surface area contributed by atoms with E-state index < -0.39 is 0 Å². The van der Waals surface area contributed by atoms with E-state index in [9.17, 15) is 4.79 Å². The van der Waals surface area contributed by atoms with Crippen LogP contribution in [0.3, 0.4) is 0 Å². The van der Waals surface area contributed by atoms with Gasteiger partial charge >= 0.3 is 0 Å². The molecule has 2 atom stereocenters. The number of likely N-dealkylation sites (tertiary alicyclic amines) is 1. The van der Waals surface area contributed by atoms with Gasteiger partial charge in [0, 0.05) is 42.8 Å². The summed E-state index contributed by atoms with van der Waals surface area (Å²) in [4.78, 5) is 18.1. The van der Waals surface area contributed by atoms with Gasteiger partial charge in [-0.15, -0.1) is 12.4 Å². The van der Waals surface area contributed by atoms with Gasteiger partial charge in [0.1, 0.15) is 0 Å². The SMILES string of the molecule is CC(C(=O)NCCc1c[nH]c2ccccc12)N1CCC(N)C(C)(C)C1.Cl. The van der Waals surface area contributed by atoms with Crippen LogP contribution in [-0.4, -0.2) is 47.5 Å². The summed E-state index contributed by atoms with van der Waals surface area (Å²) in [6.45, 7) is 8.78. The van der Waals surface area contributed by atoms with Gasteiger partial charge in [0.15, 0.2) is 0 Å². The second-order valence-corrected chi connectivity index (χ2v) is 7.93. The number of aromatic amines is 1. The Labute approximate surface area is 162 Å². The number of piperidine rings is 1. The van der Waals surface area contributed by atoms with Gasteiger partial charge in [-0.3, -0.25) is 9.69 Å². The summed E-state index contributed by atoms with van der Waals surface area (Å²) in [5.74, 6) is 0.103. The first-order valence-electron chi connectivity index (χ1n) is 9.21. The second kappa shape index (κ2) is 8.42. The van der Waals surface area contributed by atoms with Crippen LogP contribution in [0.15, 0.2) is 30.5 Å². The molecule has 5 nitrogen and oxygen atoms in total. The number of H-pyrrole nitrogens is 1. The van der Waals surface area contributed by atoms with E-state index in [0.717, 1.165) is 31.4 Å². The molecule has 2 unspecified atom stereocenters. The highest BCUT2D eigenvalue weighted by molar-refractivity contribution is 5.85. The molecule has 0 aliphatic carbocycles. The highest BCUT2D eigenvalue weighted by Gasteiger charge is 2.36. The number of benzene rings is 1. The van der Waals surface area contributed by atoms with Crippen molar-refractivity contribution >= 4 is 29.2 Å². The molecule has 1 aromatic carbocycles. The molecule has 1 fully saturated rings. The Bertz CT molecular complexity index is 742. The molecule has 0 spiro atoms. The van der Waals surface area contributed by atoms with Crippen LogP contribution >= 0.6 is 12.4 Å². The molecule has 1 aromatic heterocycles. The number of nitrogens with zero attached hydrogens (tertiary/aromatic N) is 1. The van der Waals surface area contributed by atoms with Crippen molar-refractivity contribution in [2.24, 2.45) is 11.1 Å². The third kappa shape index (κ3) is 4.40. The zero-order valence-corrected chi connectivity index (χ0v) is 16.7. The standard InChI is InChI=1S/C20H30N4O.ClH/c1-14(24-11-9-18(21)20(2,3)13-24)19(25)22-10-8-15-12-23-17-7-5-4-6-16(15)17;/h4-7,12,14,18,23H,8-11,13,21H2,1-3H3,(H,22,25);1H. The Morgan fingerprint density at radius 1 is 1.42 bits per heavy atom. The number of amides is 1. The Kier molecular flexibility index (Phi) is 6.72. The largest absolute Gasteiger partial charge is 0.361 e. The minimum atomic E-state index is -0.116. The van der Waals surface area contributed by atoms with Gasteiger partial charge in [0.05, 0.1) is 6.04 Å². The lowest BCUT2D eigenvalue weighted by Gasteiger charge is -2.44. The molecular weight excluding hydrogens is 348 g/mol. The highest BCUT2D eigenvalue weighted by atomic mass is 35.5. The van der Waals surface area contributed by atoms with Crippen molar-refractivity contribution in [2.75, 3.05) is 19.6 Å². The summed E-state index contributed by atoms with van der Waals surface area (Å²) in [6, 6.07) is 8.35. The van der Waals surface area contributed by atoms with Crippen LogP contribution < -0.4 is 11.1 Å². The molecule has 0 saturated carbocycles. The van der Waals surface area contributed by atoms with Crippen LogP contribution in [0.4, 0.5) is 0 Å². The number of aromatic nitrogens is 1. The molecule has 4 N–H and O–H groups in total. The summed E-state index contributed by atoms with van der Waals surface area (Å²) in [5, 5.41) is 4.33. The number of nitrogens with two attached hydrogens (primary N) is 1. The van der Waals surface area contributed by atoms with Gasteiger partial charge in [0.2, 0.25) is 5.91 Å². The minimum Gasteiger partial charge on any atom is -0.361 e. The van der Waals surface area contributed by atoms with Crippen molar-refractivity contribution in [3.05, 3.63) is 36.0 Å². The fourth-order valence-electron chi connectivity index (χ4n) is 3.72. The van der Waals surface area contributed by atoms with Crippen molar-refractivity contribution in [1.82, 2.24) is 15.2 Å². The number of hydrogen-bond acceptors (Lipinski definition) is 3. The lowest BCUT2D eigenvalue weighted by molar-refractivity contribution is -0.127. The normalized spacial score (nSPS) is 21.2. The van der Waals surface area contributed by atoms with E-state index >= 15 is 0 Å². The van der Waals surface area contributed by atoms with Crippen molar-refractivity contribution in [3.8, 4) is 0 Å². The number of fused-ring (bicyclic) bond motifs is 1. The number of nitrogens with one attached hydrogen (secondary N) is 2. The Balaban J connectivity index is 0.00000243. The number of para-hydroxylation sites is 1. The molecule has 1 aliphatic rings. The van der Waals surface area contributed by atoms with Crippen molar-refractivity contribution in [3.63, 3.8) is 0 Å². The molecule has 2 aromatic rings. The summed E-state index contributed by atoms with van der Waals surface area (Å²) in [6.07, 6.45) is 3.81. The quantitative estimate of drug-likeness (QED) is 0.748. The van der Waals surface area contributed by atoms with Crippen LogP contribution in [0.1, 0.15) is 32.8 Å². The summed E-state index contributed by atoms with van der Waals surface area (Å²) >= 11 is 0. The lowest BCUT2D eigenvalue weighted by Crippen LogP contribution is -2.57. The van der Waals surface area contributed by atoms with Crippen LogP contribution in [0.5, 0.6) is 0 Å². The molecule has 1 aliphatic heterocycles. The van der Waals surface area contributed by atoms with E-state index in [0.29, 0.717) is 6.54 Å². The smallest absolute Gasteiger partial charge is 0.237 e. The minimum absolute atomic E-state index is 0. The van der Waals surface area contributed by atoms with Crippen molar-refractivity contribution < 1.29 is 4.79 Å². The van der Waals surface area contributed by atoms with E-state index in [-0.39, 0.29) is 35.8 Å². The summed E-state index contributed by atoms with van der Waals surface area (Å²) < 4.78 is 0. The molecular formula is C20H31ClN4O. The van der Waals surface area contributed by atoms with E-state index in [1.54, 1.807) is 0 Å². The molecule has 26 heavy (non-hydrogen) atoms. The summed E-state index contributed by atoms with van der Waals surface area (Å²) in [5.41, 5.74) is 8.64. The van der Waals surface area contributed by atoms with Gasteiger partial charge in [-0.05, 0) is 36.8 Å². The number of carbonyl (C=O) groups excluding carboxylic acids is 1. The molecule has 144 valence electrons. The zero-order valence-electron chi connectivity index (χ0n) is 15.9. The van der Waals surface area contributed by atoms with Crippen LogP contribution in [0, 0.1) is 5.41 Å². The zero-order chi connectivity index (χ0) is 18.0. The molecule has 6 heteroatoms. The Morgan fingerprint density at radius 3 is 2.88 bits per heavy atom. The maximum absolute atomic E-state index is 12.5. The van der Waals surface area contributed by atoms with Crippen LogP contribution in [0.2, 0.25) is 0 Å². The number of carbonyl (C=O) groups is 1. The van der Waals surface area contributed by atoms with E-state index in [1.807, 2.05) is 25.3 Å². The maximum atomic E-state index is 12.5. The molecule has 0 bridgehead atoms. The average Bonchev–Trinajstić information content (AvgIpc) is 3.00. The van der Waals surface area contributed by atoms with E-state index in [2.05, 4.69) is 41.2 Å². The van der Waals surface area contributed by atoms with Crippen LogP contribution in [-0.2, 0) is 11.2 Å².